The zero-order valence-corrected chi connectivity index (χ0v) is 25.5. The van der Waals surface area contributed by atoms with Gasteiger partial charge >= 0.3 is 0 Å². The number of aryl methyl sites for hydroxylation is 1. The van der Waals surface area contributed by atoms with E-state index in [-0.39, 0.29) is 30.9 Å². The number of halogens is 1. The van der Waals surface area contributed by atoms with Crippen LogP contribution in [-0.4, -0.2) is 85.8 Å². The maximum absolute atomic E-state index is 13.4. The number of hydrogen-bond acceptors (Lipinski definition) is 9. The van der Waals surface area contributed by atoms with Gasteiger partial charge in [-0.1, -0.05) is 47.1 Å². The summed E-state index contributed by atoms with van der Waals surface area (Å²) in [5.74, 6) is -2.90. The third-order valence-corrected chi connectivity index (χ3v) is 7.27. The van der Waals surface area contributed by atoms with Gasteiger partial charge in [-0.25, -0.2) is 0 Å². The van der Waals surface area contributed by atoms with E-state index in [0.717, 1.165) is 5.56 Å². The Kier molecular flexibility index (Phi) is 11.5. The van der Waals surface area contributed by atoms with Gasteiger partial charge in [-0.3, -0.25) is 23.9 Å². The van der Waals surface area contributed by atoms with Gasteiger partial charge in [0.05, 0.1) is 37.1 Å². The van der Waals surface area contributed by atoms with Crippen LogP contribution >= 0.6 is 11.6 Å². The molecule has 0 saturated heterocycles. The van der Waals surface area contributed by atoms with Crippen molar-refractivity contribution in [1.82, 2.24) is 36.3 Å². The Morgan fingerprint density at radius 1 is 0.956 bits per heavy atom. The molecule has 4 rings (SSSR count). The second-order valence-electron chi connectivity index (χ2n) is 10.7. The molecule has 240 valence electrons. The van der Waals surface area contributed by atoms with Crippen LogP contribution in [0.5, 0.6) is 5.75 Å². The van der Waals surface area contributed by atoms with Crippen molar-refractivity contribution < 1.29 is 34.1 Å². The van der Waals surface area contributed by atoms with E-state index in [1.54, 1.807) is 35.1 Å². The topological polar surface area (TPSA) is 197 Å². The molecule has 0 aliphatic carbocycles. The first kappa shape index (κ1) is 33.4. The zero-order valence-electron chi connectivity index (χ0n) is 24.8. The number of aliphatic hydroxyl groups excluding tert-OH is 2. The summed E-state index contributed by atoms with van der Waals surface area (Å²) in [6.07, 6.45) is -0.544. The molecule has 2 aromatic carbocycles. The molecule has 14 nitrogen and oxygen atoms in total. The SMILES string of the molecule is C[C@H](O)[C@H]1NC(=O)c2ccc(Cl)cc2OCCCn2cc(nn2)CNC(=O)[C@@H](Cc2ccccc2)NC(=O)[C@H]([C@@H](C)O)NC1=O. The molecule has 6 N–H and O–H groups in total. The summed E-state index contributed by atoms with van der Waals surface area (Å²) >= 11 is 6.14. The third-order valence-electron chi connectivity index (χ3n) is 7.04. The minimum Gasteiger partial charge on any atom is -0.493 e. The van der Waals surface area contributed by atoms with Crippen LogP contribution in [0.4, 0.5) is 0 Å². The molecular weight excluding hydrogens is 606 g/mol. The Morgan fingerprint density at radius 2 is 1.64 bits per heavy atom. The lowest BCUT2D eigenvalue weighted by Crippen LogP contribution is -2.61. The van der Waals surface area contributed by atoms with Crippen molar-refractivity contribution in [2.45, 2.75) is 70.1 Å². The standard InChI is InChI=1S/C30H36ClN7O7/c1-17(39)25-29(43)33-23(13-19-7-4-3-5-8-19)28(42)32-15-21-16-38(37-36-21)11-6-12-45-24-14-20(31)9-10-22(24)27(41)34-26(18(2)40)30(44)35-25/h3-5,7-10,14,16-18,23,25-26,39-40H,6,11-13,15H2,1-2H3,(H,32,42)(H,33,43)(H,34,41)(H,35,44)/t17-,18+,23-,25+,26-/m1/s1. The maximum Gasteiger partial charge on any atom is 0.255 e. The Morgan fingerprint density at radius 3 is 2.36 bits per heavy atom. The summed E-state index contributed by atoms with van der Waals surface area (Å²) in [7, 11) is 0. The lowest BCUT2D eigenvalue weighted by atomic mass is 10.0. The zero-order chi connectivity index (χ0) is 32.5. The highest BCUT2D eigenvalue weighted by molar-refractivity contribution is 6.30. The summed E-state index contributed by atoms with van der Waals surface area (Å²) in [5, 5.41) is 39.6. The Labute approximate surface area is 264 Å². The number of nitrogens with one attached hydrogen (secondary N) is 4. The van der Waals surface area contributed by atoms with Gasteiger partial charge in [-0.2, -0.15) is 0 Å². The van der Waals surface area contributed by atoms with Crippen molar-refractivity contribution in [2.75, 3.05) is 6.61 Å². The predicted molar refractivity (Wildman–Crippen MR) is 162 cm³/mol. The highest BCUT2D eigenvalue weighted by Crippen LogP contribution is 2.24. The molecule has 4 amide bonds. The van der Waals surface area contributed by atoms with Gasteiger partial charge < -0.3 is 36.2 Å². The van der Waals surface area contributed by atoms with Gasteiger partial charge in [0.2, 0.25) is 17.7 Å². The molecule has 2 heterocycles. The first-order chi connectivity index (χ1) is 21.5. The van der Waals surface area contributed by atoms with Crippen LogP contribution in [-0.2, 0) is 33.9 Å². The van der Waals surface area contributed by atoms with Crippen molar-refractivity contribution in [3.63, 3.8) is 0 Å². The average Bonchev–Trinajstić information content (AvgIpc) is 3.46. The monoisotopic (exact) mass is 641 g/mol. The van der Waals surface area contributed by atoms with E-state index in [4.69, 9.17) is 16.3 Å². The number of ether oxygens (including phenoxy) is 1. The molecule has 0 radical (unpaired) electrons. The molecule has 1 aliphatic rings. The molecule has 1 aliphatic heterocycles. The number of fused-ring (bicyclic) bond motifs is 3. The van der Waals surface area contributed by atoms with Crippen LogP contribution in [0.2, 0.25) is 5.02 Å². The van der Waals surface area contributed by atoms with Crippen molar-refractivity contribution in [2.24, 2.45) is 0 Å². The van der Waals surface area contributed by atoms with Crippen molar-refractivity contribution in [3.05, 3.63) is 76.6 Å². The normalized spacial score (nSPS) is 21.8. The van der Waals surface area contributed by atoms with E-state index in [2.05, 4.69) is 31.6 Å². The van der Waals surface area contributed by atoms with Gasteiger partial charge in [0, 0.05) is 24.4 Å². The third kappa shape index (κ3) is 9.23. The van der Waals surface area contributed by atoms with Crippen molar-refractivity contribution in [3.8, 4) is 5.75 Å². The van der Waals surface area contributed by atoms with Gasteiger partial charge in [0.1, 0.15) is 29.6 Å². The summed E-state index contributed by atoms with van der Waals surface area (Å²) in [4.78, 5) is 53.3. The second kappa shape index (κ2) is 15.5. The molecule has 15 heteroatoms. The van der Waals surface area contributed by atoms with Crippen molar-refractivity contribution >= 4 is 35.2 Å². The average molecular weight is 642 g/mol. The second-order valence-corrected chi connectivity index (χ2v) is 11.1. The van der Waals surface area contributed by atoms with E-state index in [1.807, 2.05) is 6.07 Å². The van der Waals surface area contributed by atoms with Gasteiger partial charge in [-0.05, 0) is 37.6 Å². The van der Waals surface area contributed by atoms with E-state index in [0.29, 0.717) is 23.7 Å². The number of aliphatic hydroxyl groups is 2. The van der Waals surface area contributed by atoms with E-state index in [1.165, 1.54) is 32.0 Å². The minimum absolute atomic E-state index is 0.0305. The fraction of sp³-hybridized carbons (Fsp3) is 0.400. The van der Waals surface area contributed by atoms with E-state index < -0.39 is 54.0 Å². The number of hydrogen-bond donors (Lipinski definition) is 6. The van der Waals surface area contributed by atoms with E-state index >= 15 is 0 Å². The van der Waals surface area contributed by atoms with Gasteiger partial charge in [-0.15, -0.1) is 5.10 Å². The molecule has 45 heavy (non-hydrogen) atoms. The fourth-order valence-corrected chi connectivity index (χ4v) is 4.80. The van der Waals surface area contributed by atoms with Crippen LogP contribution in [0.3, 0.4) is 0 Å². The molecule has 0 fully saturated rings. The maximum atomic E-state index is 13.4. The molecular formula is C30H36ClN7O7. The summed E-state index contributed by atoms with van der Waals surface area (Å²) < 4.78 is 7.42. The number of amides is 4. The van der Waals surface area contributed by atoms with Gasteiger partial charge in [0.15, 0.2) is 0 Å². The minimum atomic E-state index is -1.54. The smallest absolute Gasteiger partial charge is 0.255 e. The number of nitrogens with zero attached hydrogens (tertiary/aromatic N) is 3. The van der Waals surface area contributed by atoms with Crippen LogP contribution < -0.4 is 26.0 Å². The molecule has 0 unspecified atom stereocenters. The molecule has 0 spiro atoms. The molecule has 1 aromatic heterocycles. The van der Waals surface area contributed by atoms with Gasteiger partial charge in [0.25, 0.3) is 5.91 Å². The van der Waals surface area contributed by atoms with Crippen LogP contribution in [0.1, 0.15) is 41.9 Å². The number of benzene rings is 2. The number of carbonyl (C=O) groups is 4. The largest absolute Gasteiger partial charge is 0.493 e. The molecule has 5 atom stereocenters. The van der Waals surface area contributed by atoms with Crippen LogP contribution in [0.25, 0.3) is 0 Å². The summed E-state index contributed by atoms with van der Waals surface area (Å²) in [6, 6.07) is 9.21. The lowest BCUT2D eigenvalue weighted by molar-refractivity contribution is -0.135. The summed E-state index contributed by atoms with van der Waals surface area (Å²) in [6.45, 7) is 3.20. The summed E-state index contributed by atoms with van der Waals surface area (Å²) in [5.41, 5.74) is 1.30. The first-order valence-electron chi connectivity index (χ1n) is 14.4. The number of aromatic nitrogens is 3. The highest BCUT2D eigenvalue weighted by Gasteiger charge is 2.34. The highest BCUT2D eigenvalue weighted by atomic mass is 35.5. The Balaban J connectivity index is 1.64. The Hall–Kier alpha value is -4.53. The predicted octanol–water partition coefficient (Wildman–Crippen LogP) is 0.103. The number of carbonyl (C=O) groups excluding carboxylic acids is 4. The Bertz CT molecular complexity index is 1500. The van der Waals surface area contributed by atoms with Crippen LogP contribution in [0, 0.1) is 0 Å². The first-order valence-corrected chi connectivity index (χ1v) is 14.8. The molecule has 2 bridgehead atoms. The lowest BCUT2D eigenvalue weighted by Gasteiger charge is -2.27. The fourth-order valence-electron chi connectivity index (χ4n) is 4.63. The van der Waals surface area contributed by atoms with E-state index in [9.17, 15) is 29.4 Å². The van der Waals surface area contributed by atoms with Crippen molar-refractivity contribution in [1.29, 1.82) is 0 Å². The molecule has 0 saturated carbocycles. The number of rotatable bonds is 4. The quantitative estimate of drug-likeness (QED) is 0.229. The van der Waals surface area contributed by atoms with Crippen LogP contribution in [0.15, 0.2) is 54.7 Å². The molecule has 3 aromatic rings.